The Kier molecular flexibility index (Phi) is 4.52. The van der Waals surface area contributed by atoms with Gasteiger partial charge in [0.2, 0.25) is 0 Å². The molecule has 0 aliphatic heterocycles. The summed E-state index contributed by atoms with van der Waals surface area (Å²) in [6.07, 6.45) is 6.80. The Morgan fingerprint density at radius 1 is 1.40 bits per heavy atom. The van der Waals surface area contributed by atoms with E-state index >= 15 is 0 Å². The molecule has 0 saturated heterocycles. The van der Waals surface area contributed by atoms with Crippen LogP contribution in [0.15, 0.2) is 12.6 Å². The van der Waals surface area contributed by atoms with Gasteiger partial charge in [-0.1, -0.05) is 40.2 Å². The lowest BCUT2D eigenvalue weighted by Crippen LogP contribution is -2.19. The van der Waals surface area contributed by atoms with Gasteiger partial charge in [0.1, 0.15) is 0 Å². The zero-order valence-electron chi connectivity index (χ0n) is 10.0. The molecule has 1 aromatic rings. The lowest BCUT2D eigenvalue weighted by molar-refractivity contribution is 0.399. The van der Waals surface area contributed by atoms with E-state index in [4.69, 9.17) is 0 Å². The van der Waals surface area contributed by atoms with Crippen molar-refractivity contribution in [3.63, 3.8) is 0 Å². The van der Waals surface area contributed by atoms with Crippen LogP contribution in [0.1, 0.15) is 57.0 Å². The third-order valence-corrected chi connectivity index (χ3v) is 4.05. The SMILES string of the molecule is C=Cc1cc(C(C)(CCC)CCC)sn1. The average molecular weight is 223 g/mol. The van der Waals surface area contributed by atoms with Crippen LogP contribution in [0.5, 0.6) is 0 Å². The molecule has 0 fully saturated rings. The standard InChI is InChI=1S/C13H21NS/c1-5-8-13(4,9-6-2)12-10-11(7-3)14-15-12/h7,10H,3,5-6,8-9H2,1-2,4H3. The van der Waals surface area contributed by atoms with Crippen molar-refractivity contribution in [2.75, 3.05) is 0 Å². The molecule has 1 aromatic heterocycles. The number of aromatic nitrogens is 1. The molecule has 0 aliphatic carbocycles. The quantitative estimate of drug-likeness (QED) is 0.684. The summed E-state index contributed by atoms with van der Waals surface area (Å²) in [7, 11) is 0. The van der Waals surface area contributed by atoms with Crippen molar-refractivity contribution in [3.8, 4) is 0 Å². The molecule has 0 saturated carbocycles. The highest BCUT2D eigenvalue weighted by Crippen LogP contribution is 2.36. The van der Waals surface area contributed by atoms with Gasteiger partial charge in [0.15, 0.2) is 0 Å². The van der Waals surface area contributed by atoms with Gasteiger partial charge in [0.25, 0.3) is 0 Å². The van der Waals surface area contributed by atoms with Crippen LogP contribution in [-0.4, -0.2) is 4.37 Å². The zero-order chi connectivity index (χ0) is 11.3. The maximum Gasteiger partial charge on any atom is 0.0765 e. The van der Waals surface area contributed by atoms with Crippen LogP contribution in [-0.2, 0) is 5.41 Å². The molecule has 0 radical (unpaired) electrons. The zero-order valence-corrected chi connectivity index (χ0v) is 10.9. The van der Waals surface area contributed by atoms with Gasteiger partial charge in [-0.15, -0.1) is 0 Å². The summed E-state index contributed by atoms with van der Waals surface area (Å²) in [6, 6.07) is 2.20. The molecule has 0 amide bonds. The van der Waals surface area contributed by atoms with Gasteiger partial charge >= 0.3 is 0 Å². The summed E-state index contributed by atoms with van der Waals surface area (Å²) in [6.45, 7) is 10.6. The van der Waals surface area contributed by atoms with Gasteiger partial charge in [-0.2, -0.15) is 4.37 Å². The van der Waals surface area contributed by atoms with Crippen molar-refractivity contribution in [3.05, 3.63) is 23.2 Å². The summed E-state index contributed by atoms with van der Waals surface area (Å²) < 4.78 is 4.39. The van der Waals surface area contributed by atoms with Crippen LogP contribution >= 0.6 is 11.5 Å². The predicted octanol–water partition coefficient (Wildman–Crippen LogP) is 4.64. The monoisotopic (exact) mass is 223 g/mol. The van der Waals surface area contributed by atoms with Gasteiger partial charge in [-0.3, -0.25) is 0 Å². The smallest absolute Gasteiger partial charge is 0.0765 e. The number of rotatable bonds is 6. The molecule has 0 unspecified atom stereocenters. The van der Waals surface area contributed by atoms with E-state index in [2.05, 4.69) is 37.8 Å². The number of hydrogen-bond acceptors (Lipinski definition) is 2. The van der Waals surface area contributed by atoms with Crippen LogP contribution < -0.4 is 0 Å². The van der Waals surface area contributed by atoms with Crippen LogP contribution in [0.4, 0.5) is 0 Å². The fraction of sp³-hybridized carbons (Fsp3) is 0.615. The van der Waals surface area contributed by atoms with E-state index in [1.54, 1.807) is 11.5 Å². The second-order valence-electron chi connectivity index (χ2n) is 4.38. The first-order chi connectivity index (χ1) is 7.16. The molecule has 0 N–H and O–H groups in total. The molecule has 2 heteroatoms. The first-order valence-corrected chi connectivity index (χ1v) is 6.53. The number of hydrogen-bond donors (Lipinski definition) is 0. The van der Waals surface area contributed by atoms with E-state index in [-0.39, 0.29) is 0 Å². The summed E-state index contributed by atoms with van der Waals surface area (Å²) in [5, 5.41) is 0. The highest BCUT2D eigenvalue weighted by molar-refractivity contribution is 7.06. The lowest BCUT2D eigenvalue weighted by atomic mass is 9.80. The van der Waals surface area contributed by atoms with Gasteiger partial charge in [0.05, 0.1) is 5.69 Å². The third-order valence-electron chi connectivity index (χ3n) is 2.94. The van der Waals surface area contributed by atoms with Crippen molar-refractivity contribution < 1.29 is 0 Å². The van der Waals surface area contributed by atoms with Crippen LogP contribution in [0.2, 0.25) is 0 Å². The second kappa shape index (κ2) is 5.45. The summed E-state index contributed by atoms with van der Waals surface area (Å²) in [4.78, 5) is 1.42. The van der Waals surface area contributed by atoms with Crippen molar-refractivity contribution in [1.82, 2.24) is 4.37 Å². The maximum atomic E-state index is 4.39. The van der Waals surface area contributed by atoms with E-state index in [1.807, 2.05) is 6.08 Å². The molecule has 0 aliphatic rings. The summed E-state index contributed by atoms with van der Waals surface area (Å²) in [5.74, 6) is 0. The highest BCUT2D eigenvalue weighted by atomic mass is 32.1. The first-order valence-electron chi connectivity index (χ1n) is 5.76. The minimum absolute atomic E-state index is 0.322. The normalized spacial score (nSPS) is 11.7. The largest absolute Gasteiger partial charge is 0.193 e. The van der Waals surface area contributed by atoms with Crippen molar-refractivity contribution in [2.24, 2.45) is 0 Å². The average Bonchev–Trinajstić information content (AvgIpc) is 2.67. The molecule has 0 spiro atoms. The summed E-state index contributed by atoms with van der Waals surface area (Å²) >= 11 is 1.64. The molecule has 0 aromatic carbocycles. The van der Waals surface area contributed by atoms with Gasteiger partial charge in [-0.25, -0.2) is 0 Å². The Morgan fingerprint density at radius 3 is 2.40 bits per heavy atom. The van der Waals surface area contributed by atoms with E-state index in [1.165, 1.54) is 30.6 Å². The Balaban J connectivity index is 2.91. The fourth-order valence-corrected chi connectivity index (χ4v) is 3.07. The third kappa shape index (κ3) is 2.91. The van der Waals surface area contributed by atoms with Gasteiger partial charge in [0, 0.05) is 10.3 Å². The molecule has 0 atom stereocenters. The minimum atomic E-state index is 0.322. The Labute approximate surface area is 97.4 Å². The fourth-order valence-electron chi connectivity index (χ4n) is 2.14. The van der Waals surface area contributed by atoms with Crippen molar-refractivity contribution in [1.29, 1.82) is 0 Å². The maximum absolute atomic E-state index is 4.39. The Bertz CT molecular complexity index is 308. The molecule has 1 heterocycles. The Hall–Kier alpha value is -0.630. The molecule has 84 valence electrons. The van der Waals surface area contributed by atoms with Crippen molar-refractivity contribution >= 4 is 17.6 Å². The number of nitrogens with zero attached hydrogens (tertiary/aromatic N) is 1. The molecule has 15 heavy (non-hydrogen) atoms. The van der Waals surface area contributed by atoms with Crippen LogP contribution in [0.25, 0.3) is 6.08 Å². The topological polar surface area (TPSA) is 12.9 Å². The van der Waals surface area contributed by atoms with Gasteiger partial charge < -0.3 is 0 Å². The van der Waals surface area contributed by atoms with E-state index in [0.29, 0.717) is 5.41 Å². The van der Waals surface area contributed by atoms with Gasteiger partial charge in [-0.05, 0) is 36.5 Å². The predicted molar refractivity (Wildman–Crippen MR) is 69.4 cm³/mol. The first kappa shape index (κ1) is 12.4. The molecular formula is C13H21NS. The van der Waals surface area contributed by atoms with E-state index < -0.39 is 0 Å². The summed E-state index contributed by atoms with van der Waals surface area (Å²) in [5.41, 5.74) is 1.34. The van der Waals surface area contributed by atoms with Crippen LogP contribution in [0.3, 0.4) is 0 Å². The van der Waals surface area contributed by atoms with E-state index in [0.717, 1.165) is 5.69 Å². The van der Waals surface area contributed by atoms with E-state index in [9.17, 15) is 0 Å². The molecule has 1 nitrogen and oxygen atoms in total. The highest BCUT2D eigenvalue weighted by Gasteiger charge is 2.26. The minimum Gasteiger partial charge on any atom is -0.193 e. The second-order valence-corrected chi connectivity index (χ2v) is 5.19. The molecule has 0 bridgehead atoms. The van der Waals surface area contributed by atoms with Crippen molar-refractivity contribution in [2.45, 2.75) is 51.9 Å². The molecule has 1 rings (SSSR count). The van der Waals surface area contributed by atoms with Crippen LogP contribution in [0, 0.1) is 0 Å². The molecular weight excluding hydrogens is 202 g/mol. The Morgan fingerprint density at radius 2 is 2.00 bits per heavy atom. The lowest BCUT2D eigenvalue weighted by Gasteiger charge is -2.27.